The van der Waals surface area contributed by atoms with Crippen LogP contribution in [0.1, 0.15) is 16.7 Å². The number of ether oxygens (including phenoxy) is 1. The van der Waals surface area contributed by atoms with Gasteiger partial charge in [-0.25, -0.2) is 5.43 Å². The molecule has 0 fully saturated rings. The van der Waals surface area contributed by atoms with Crippen LogP contribution in [0.5, 0.6) is 5.75 Å². The van der Waals surface area contributed by atoms with Crippen LogP contribution in [-0.4, -0.2) is 12.1 Å². The maximum atomic E-state index is 12.0. The molecule has 3 rings (SSSR count). The highest BCUT2D eigenvalue weighted by Gasteiger charge is 2.04. The molecule has 0 unspecified atom stereocenters. The second-order valence-electron chi connectivity index (χ2n) is 6.05. The Balaban J connectivity index is 1.56. The van der Waals surface area contributed by atoms with Crippen LogP contribution in [0.25, 0.3) is 0 Å². The molecule has 1 amide bonds. The van der Waals surface area contributed by atoms with E-state index in [4.69, 9.17) is 4.74 Å². The average molecular weight is 549 g/mol. The highest BCUT2D eigenvalue weighted by molar-refractivity contribution is 14.1. The van der Waals surface area contributed by atoms with Gasteiger partial charge >= 0.3 is 0 Å². The summed E-state index contributed by atoms with van der Waals surface area (Å²) in [6.45, 7) is 0.470. The fraction of sp³-hybridized carbons (Fsp3) is 0.0909. The van der Waals surface area contributed by atoms with Crippen LogP contribution < -0.4 is 10.2 Å². The Labute approximate surface area is 186 Å². The van der Waals surface area contributed by atoms with E-state index in [9.17, 15) is 4.79 Å². The molecule has 0 aliphatic heterocycles. The normalized spacial score (nSPS) is 10.8. The fourth-order valence-electron chi connectivity index (χ4n) is 2.46. The molecular weight excluding hydrogens is 531 g/mol. The van der Waals surface area contributed by atoms with Crippen LogP contribution >= 0.6 is 38.5 Å². The van der Waals surface area contributed by atoms with Gasteiger partial charge in [-0.3, -0.25) is 4.79 Å². The minimum absolute atomic E-state index is 0.170. The Bertz CT molecular complexity index is 957. The monoisotopic (exact) mass is 548 g/mol. The summed E-state index contributed by atoms with van der Waals surface area (Å²) in [6.07, 6.45) is 1.87. The number of benzene rings is 3. The lowest BCUT2D eigenvalue weighted by molar-refractivity contribution is -0.120. The molecule has 0 aliphatic rings. The van der Waals surface area contributed by atoms with Gasteiger partial charge < -0.3 is 4.74 Å². The van der Waals surface area contributed by atoms with E-state index in [1.165, 1.54) is 3.57 Å². The number of hydrogen-bond acceptors (Lipinski definition) is 3. The van der Waals surface area contributed by atoms with E-state index >= 15 is 0 Å². The summed E-state index contributed by atoms with van der Waals surface area (Å²) in [5, 5.41) is 4.07. The van der Waals surface area contributed by atoms with Gasteiger partial charge in [0.2, 0.25) is 5.91 Å². The summed E-state index contributed by atoms with van der Waals surface area (Å²) in [5.41, 5.74) is 5.39. The van der Waals surface area contributed by atoms with Crippen LogP contribution in [0, 0.1) is 3.57 Å². The van der Waals surface area contributed by atoms with Crippen molar-refractivity contribution < 1.29 is 9.53 Å². The molecule has 28 heavy (non-hydrogen) atoms. The second-order valence-corrected chi connectivity index (χ2v) is 8.21. The summed E-state index contributed by atoms with van der Waals surface area (Å²) in [4.78, 5) is 12.0. The molecule has 3 aromatic carbocycles. The van der Waals surface area contributed by atoms with Crippen molar-refractivity contribution in [3.8, 4) is 5.75 Å². The maximum Gasteiger partial charge on any atom is 0.244 e. The van der Waals surface area contributed by atoms with Crippen molar-refractivity contribution in [1.29, 1.82) is 0 Å². The van der Waals surface area contributed by atoms with Gasteiger partial charge in [0.05, 0.1) is 12.6 Å². The first kappa shape index (κ1) is 20.5. The van der Waals surface area contributed by atoms with Gasteiger partial charge in [0, 0.05) is 13.6 Å². The maximum absolute atomic E-state index is 12.0. The number of hydrogen-bond donors (Lipinski definition) is 1. The number of rotatable bonds is 7. The van der Waals surface area contributed by atoms with E-state index in [1.807, 2.05) is 72.8 Å². The van der Waals surface area contributed by atoms with Crippen LogP contribution in [-0.2, 0) is 17.8 Å². The summed E-state index contributed by atoms with van der Waals surface area (Å²) < 4.78 is 8.09. The summed E-state index contributed by atoms with van der Waals surface area (Å²) in [7, 11) is 0. The Morgan fingerprint density at radius 3 is 2.43 bits per heavy atom. The molecule has 0 bridgehead atoms. The number of carbonyl (C=O) groups is 1. The zero-order chi connectivity index (χ0) is 19.8. The SMILES string of the molecule is O=C(Cc1ccc(Br)cc1)N/N=C/c1ccccc1OCc1ccc(I)cc1. The van der Waals surface area contributed by atoms with Gasteiger partial charge in [0.1, 0.15) is 12.4 Å². The van der Waals surface area contributed by atoms with Gasteiger partial charge in [0.15, 0.2) is 0 Å². The highest BCUT2D eigenvalue weighted by atomic mass is 127. The first-order chi connectivity index (χ1) is 13.6. The second kappa shape index (κ2) is 10.4. The number of amides is 1. The number of carbonyl (C=O) groups excluding carboxylic acids is 1. The third kappa shape index (κ3) is 6.45. The predicted octanol–water partition coefficient (Wildman–Crippen LogP) is 5.33. The average Bonchev–Trinajstić information content (AvgIpc) is 2.70. The van der Waals surface area contributed by atoms with Crippen LogP contribution in [0.4, 0.5) is 0 Å². The lowest BCUT2D eigenvalue weighted by Gasteiger charge is -2.09. The van der Waals surface area contributed by atoms with Crippen LogP contribution in [0.15, 0.2) is 82.4 Å². The van der Waals surface area contributed by atoms with Gasteiger partial charge in [-0.1, -0.05) is 52.3 Å². The quantitative estimate of drug-likeness (QED) is 0.247. The number of nitrogens with zero attached hydrogens (tertiary/aromatic N) is 1. The van der Waals surface area contributed by atoms with E-state index in [0.29, 0.717) is 12.4 Å². The number of halogens is 2. The third-order valence-electron chi connectivity index (χ3n) is 3.90. The summed E-state index contributed by atoms with van der Waals surface area (Å²) in [6, 6.07) is 23.4. The highest BCUT2D eigenvalue weighted by Crippen LogP contribution is 2.18. The summed E-state index contributed by atoms with van der Waals surface area (Å²) >= 11 is 5.66. The lowest BCUT2D eigenvalue weighted by Crippen LogP contribution is -2.19. The molecule has 0 radical (unpaired) electrons. The van der Waals surface area contributed by atoms with Crippen molar-refractivity contribution in [2.45, 2.75) is 13.0 Å². The zero-order valence-corrected chi connectivity index (χ0v) is 18.7. The first-order valence-corrected chi connectivity index (χ1v) is 10.5. The van der Waals surface area contributed by atoms with Gasteiger partial charge in [-0.2, -0.15) is 5.10 Å². The van der Waals surface area contributed by atoms with Crippen molar-refractivity contribution in [2.24, 2.45) is 5.10 Å². The molecule has 4 nitrogen and oxygen atoms in total. The molecule has 0 saturated heterocycles. The van der Waals surface area contributed by atoms with E-state index in [1.54, 1.807) is 6.21 Å². The fourth-order valence-corrected chi connectivity index (χ4v) is 3.09. The lowest BCUT2D eigenvalue weighted by atomic mass is 10.1. The Morgan fingerprint density at radius 2 is 1.68 bits per heavy atom. The Kier molecular flexibility index (Phi) is 7.62. The van der Waals surface area contributed by atoms with E-state index in [-0.39, 0.29) is 12.3 Å². The first-order valence-electron chi connectivity index (χ1n) is 8.63. The van der Waals surface area contributed by atoms with E-state index < -0.39 is 0 Å². The molecule has 0 aromatic heterocycles. The van der Waals surface area contributed by atoms with Crippen molar-refractivity contribution in [3.05, 3.63) is 97.5 Å². The molecule has 142 valence electrons. The molecule has 0 heterocycles. The van der Waals surface area contributed by atoms with E-state index in [2.05, 4.69) is 49.0 Å². The van der Waals surface area contributed by atoms with Crippen molar-refractivity contribution in [1.82, 2.24) is 5.43 Å². The zero-order valence-electron chi connectivity index (χ0n) is 14.9. The molecule has 0 saturated carbocycles. The standard InChI is InChI=1S/C22H18BrIN2O2/c23-19-9-5-16(6-10-19)13-22(27)26-25-14-18-3-1-2-4-21(18)28-15-17-7-11-20(24)12-8-17/h1-12,14H,13,15H2,(H,26,27)/b25-14+. The molecular formula is C22H18BrIN2O2. The predicted molar refractivity (Wildman–Crippen MR) is 124 cm³/mol. The topological polar surface area (TPSA) is 50.7 Å². The Hall–Kier alpha value is -2.19. The van der Waals surface area contributed by atoms with Crippen molar-refractivity contribution >= 4 is 50.6 Å². The van der Waals surface area contributed by atoms with Crippen molar-refractivity contribution in [2.75, 3.05) is 0 Å². The molecule has 0 spiro atoms. The van der Waals surface area contributed by atoms with Crippen LogP contribution in [0.3, 0.4) is 0 Å². The van der Waals surface area contributed by atoms with Crippen LogP contribution in [0.2, 0.25) is 0 Å². The smallest absolute Gasteiger partial charge is 0.244 e. The molecule has 3 aromatic rings. The van der Waals surface area contributed by atoms with Gasteiger partial charge in [-0.15, -0.1) is 0 Å². The Morgan fingerprint density at radius 1 is 1.00 bits per heavy atom. The molecule has 1 N–H and O–H groups in total. The van der Waals surface area contributed by atoms with Crippen molar-refractivity contribution in [3.63, 3.8) is 0 Å². The van der Waals surface area contributed by atoms with Gasteiger partial charge in [0.25, 0.3) is 0 Å². The molecule has 0 aliphatic carbocycles. The number of hydrazone groups is 1. The molecule has 6 heteroatoms. The van der Waals surface area contributed by atoms with E-state index in [0.717, 1.165) is 21.2 Å². The minimum atomic E-state index is -0.170. The largest absolute Gasteiger partial charge is 0.488 e. The third-order valence-corrected chi connectivity index (χ3v) is 5.15. The number of nitrogens with one attached hydrogen (secondary N) is 1. The molecule has 0 atom stereocenters. The summed E-state index contributed by atoms with van der Waals surface area (Å²) in [5.74, 6) is 0.544. The minimum Gasteiger partial charge on any atom is -0.488 e. The van der Waals surface area contributed by atoms with Gasteiger partial charge in [-0.05, 0) is 70.1 Å². The number of para-hydroxylation sites is 1.